The molecule has 0 aliphatic rings. The van der Waals surface area contributed by atoms with Crippen LogP contribution in [0, 0.1) is 0 Å². The molecule has 0 atom stereocenters. The highest BCUT2D eigenvalue weighted by Crippen LogP contribution is 2.23. The third kappa shape index (κ3) is 6.10. The van der Waals surface area contributed by atoms with Gasteiger partial charge < -0.3 is 0 Å². The summed E-state index contributed by atoms with van der Waals surface area (Å²) in [7, 11) is -6.67. The number of nitrogens with one attached hydrogen (secondary N) is 1. The number of hydrogen-bond donors (Lipinski definition) is 1. The molecule has 2 rings (SSSR count). The number of nitrogens with zero attached hydrogens (tertiary/aromatic N) is 1. The Morgan fingerprint density at radius 2 is 1.76 bits per heavy atom. The van der Waals surface area contributed by atoms with E-state index in [9.17, 15) is 16.8 Å². The van der Waals surface area contributed by atoms with Crippen LogP contribution < -0.4 is 4.83 Å². The molecule has 0 spiro atoms. The monoisotopic (exact) mass is 420 g/mol. The average Bonchev–Trinajstić information content (AvgIpc) is 2.95. The van der Waals surface area contributed by atoms with Gasteiger partial charge in [0.1, 0.15) is 5.71 Å². The van der Waals surface area contributed by atoms with E-state index in [-0.39, 0.29) is 11.5 Å². The van der Waals surface area contributed by atoms with Crippen LogP contribution in [0.2, 0.25) is 5.02 Å². The maximum atomic E-state index is 11.8. The number of hydrazone groups is 1. The van der Waals surface area contributed by atoms with Gasteiger partial charge in [0.25, 0.3) is 0 Å². The number of benzene rings is 1. The third-order valence-electron chi connectivity index (χ3n) is 3.14. The predicted octanol–water partition coefficient (Wildman–Crippen LogP) is 2.64. The van der Waals surface area contributed by atoms with Crippen LogP contribution in [-0.4, -0.2) is 34.6 Å². The molecule has 0 saturated heterocycles. The van der Waals surface area contributed by atoms with Crippen LogP contribution in [0.15, 0.2) is 41.5 Å². The summed E-state index contributed by atoms with van der Waals surface area (Å²) in [6.07, 6.45) is 1.00. The van der Waals surface area contributed by atoms with Crippen LogP contribution >= 0.6 is 22.9 Å². The van der Waals surface area contributed by atoms with Crippen LogP contribution in [0.1, 0.15) is 22.2 Å². The van der Waals surface area contributed by atoms with Crippen LogP contribution in [0.25, 0.3) is 0 Å². The average molecular weight is 421 g/mol. The lowest BCUT2D eigenvalue weighted by Crippen LogP contribution is -2.18. The first-order valence-corrected chi connectivity index (χ1v) is 12.1. The van der Waals surface area contributed by atoms with Gasteiger partial charge >= 0.3 is 0 Å². The fraction of sp³-hybridized carbons (Fsp3) is 0.267. The molecule has 0 fully saturated rings. The second kappa shape index (κ2) is 7.86. The summed E-state index contributed by atoms with van der Waals surface area (Å²) in [5.74, 6) is 0.00949. The molecule has 136 valence electrons. The van der Waals surface area contributed by atoms with Gasteiger partial charge in [-0.2, -0.15) is 5.10 Å². The Hall–Kier alpha value is -1.42. The van der Waals surface area contributed by atoms with E-state index in [0.717, 1.165) is 6.26 Å². The van der Waals surface area contributed by atoms with E-state index in [4.69, 9.17) is 11.6 Å². The van der Waals surface area contributed by atoms with Crippen molar-refractivity contribution in [3.8, 4) is 0 Å². The summed E-state index contributed by atoms with van der Waals surface area (Å²) in [5, 5.41) is 4.53. The predicted molar refractivity (Wildman–Crippen MR) is 103 cm³/mol. The van der Waals surface area contributed by atoms with Crippen molar-refractivity contribution < 1.29 is 16.8 Å². The number of sulfone groups is 1. The van der Waals surface area contributed by atoms with Gasteiger partial charge in [-0.15, -0.1) is 11.3 Å². The number of halogens is 1. The minimum Gasteiger partial charge on any atom is -0.228 e. The van der Waals surface area contributed by atoms with Crippen molar-refractivity contribution in [2.75, 3.05) is 12.0 Å². The van der Waals surface area contributed by atoms with Crippen molar-refractivity contribution >= 4 is 48.5 Å². The lowest BCUT2D eigenvalue weighted by Gasteiger charge is -2.06. The first kappa shape index (κ1) is 19.9. The normalized spacial score (nSPS) is 13.0. The molecule has 10 heteroatoms. The molecule has 1 N–H and O–H groups in total. The number of rotatable bonds is 7. The molecule has 0 aliphatic carbocycles. The lowest BCUT2D eigenvalue weighted by atomic mass is 10.1. The quantitative estimate of drug-likeness (QED) is 0.550. The highest BCUT2D eigenvalue weighted by Gasteiger charge is 2.15. The fourth-order valence-electron chi connectivity index (χ4n) is 1.90. The summed E-state index contributed by atoms with van der Waals surface area (Å²) in [4.78, 5) is 3.44. The molecule has 1 aromatic heterocycles. The molecular weight excluding hydrogens is 404 g/mol. The van der Waals surface area contributed by atoms with Crippen LogP contribution in [-0.2, 0) is 25.6 Å². The number of hydrogen-bond acceptors (Lipinski definition) is 6. The minimum atomic E-state index is -3.52. The summed E-state index contributed by atoms with van der Waals surface area (Å²) < 4.78 is 46.3. The Balaban J connectivity index is 2.42. The minimum absolute atomic E-state index is 0.0540. The highest BCUT2D eigenvalue weighted by molar-refractivity contribution is 7.90. The third-order valence-corrected chi connectivity index (χ3v) is 6.72. The van der Waals surface area contributed by atoms with E-state index < -0.39 is 19.9 Å². The molecular formula is C15H17ClN2O4S3. The highest BCUT2D eigenvalue weighted by atomic mass is 35.5. The zero-order valence-corrected chi connectivity index (χ0v) is 16.8. The van der Waals surface area contributed by atoms with Crippen LogP contribution in [0.4, 0.5) is 0 Å². The molecule has 0 saturated carbocycles. The summed E-state index contributed by atoms with van der Waals surface area (Å²) in [6.45, 7) is 1.60. The van der Waals surface area contributed by atoms with Crippen molar-refractivity contribution in [3.05, 3.63) is 56.7 Å². The van der Waals surface area contributed by atoms with Crippen molar-refractivity contribution in [3.63, 3.8) is 0 Å². The van der Waals surface area contributed by atoms with E-state index in [1.54, 1.807) is 43.3 Å². The van der Waals surface area contributed by atoms with E-state index in [1.165, 1.54) is 11.3 Å². The lowest BCUT2D eigenvalue weighted by molar-refractivity contribution is 0.590. The van der Waals surface area contributed by atoms with Gasteiger partial charge in [0.2, 0.25) is 10.0 Å². The van der Waals surface area contributed by atoms with Crippen molar-refractivity contribution in [1.82, 2.24) is 4.83 Å². The summed E-state index contributed by atoms with van der Waals surface area (Å²) >= 11 is 7.14. The Morgan fingerprint density at radius 1 is 1.12 bits per heavy atom. The van der Waals surface area contributed by atoms with Gasteiger partial charge in [-0.25, -0.2) is 21.7 Å². The molecule has 0 unspecified atom stereocenters. The number of thiophene rings is 1. The van der Waals surface area contributed by atoms with Crippen molar-refractivity contribution in [1.29, 1.82) is 0 Å². The van der Waals surface area contributed by atoms with Crippen LogP contribution in [0.3, 0.4) is 0 Å². The SMILES string of the molecule is CCS(=O)(=O)Cc1ccc(C(=NNS(C)(=O)=O)c2ccc(Cl)cc2)s1. The molecule has 0 bridgehead atoms. The fourth-order valence-corrected chi connectivity index (χ4v) is 4.61. The molecule has 1 heterocycles. The van der Waals surface area contributed by atoms with Gasteiger partial charge in [0.05, 0.1) is 16.9 Å². The van der Waals surface area contributed by atoms with E-state index in [2.05, 4.69) is 9.93 Å². The first-order valence-electron chi connectivity index (χ1n) is 7.19. The molecule has 0 aliphatic heterocycles. The van der Waals surface area contributed by atoms with Gasteiger partial charge in [-0.05, 0) is 24.3 Å². The molecule has 2 aromatic rings. The van der Waals surface area contributed by atoms with Gasteiger partial charge in [-0.3, -0.25) is 0 Å². The molecule has 1 aromatic carbocycles. The van der Waals surface area contributed by atoms with Gasteiger partial charge in [-0.1, -0.05) is 30.7 Å². The summed E-state index contributed by atoms with van der Waals surface area (Å²) in [5.41, 5.74) is 1.06. The second-order valence-corrected chi connectivity index (χ2v) is 11.0. The largest absolute Gasteiger partial charge is 0.244 e. The second-order valence-electron chi connectivity index (χ2n) is 5.27. The summed E-state index contributed by atoms with van der Waals surface area (Å²) in [6, 6.07) is 10.2. The van der Waals surface area contributed by atoms with Crippen LogP contribution in [0.5, 0.6) is 0 Å². The number of sulfonamides is 1. The standard InChI is InChI=1S/C15H17ClN2O4S3/c1-3-25(21,22)10-13-8-9-14(23-13)15(17-18-24(2,19)20)11-4-6-12(16)7-5-11/h4-9,18H,3,10H2,1-2H3. The Bertz CT molecular complexity index is 978. The van der Waals surface area contributed by atoms with E-state index in [0.29, 0.717) is 26.1 Å². The van der Waals surface area contributed by atoms with Crippen molar-refractivity contribution in [2.45, 2.75) is 12.7 Å². The van der Waals surface area contributed by atoms with Gasteiger partial charge in [0, 0.05) is 21.2 Å². The Labute approximate surface area is 156 Å². The zero-order valence-electron chi connectivity index (χ0n) is 13.6. The Morgan fingerprint density at radius 3 is 2.32 bits per heavy atom. The smallest absolute Gasteiger partial charge is 0.228 e. The topological polar surface area (TPSA) is 92.7 Å². The maximum Gasteiger partial charge on any atom is 0.244 e. The van der Waals surface area contributed by atoms with Crippen molar-refractivity contribution in [2.24, 2.45) is 5.10 Å². The van der Waals surface area contributed by atoms with E-state index >= 15 is 0 Å². The maximum absolute atomic E-state index is 11.8. The van der Waals surface area contributed by atoms with Gasteiger partial charge in [0.15, 0.2) is 9.84 Å². The Kier molecular flexibility index (Phi) is 6.26. The molecule has 25 heavy (non-hydrogen) atoms. The molecule has 0 amide bonds. The molecule has 6 nitrogen and oxygen atoms in total. The first-order chi connectivity index (χ1) is 11.6. The van der Waals surface area contributed by atoms with E-state index in [1.807, 2.05) is 0 Å². The molecule has 0 radical (unpaired) electrons. The zero-order chi connectivity index (χ0) is 18.7.